The van der Waals surface area contributed by atoms with E-state index < -0.39 is 0 Å². The first kappa shape index (κ1) is 17.2. The van der Waals surface area contributed by atoms with Crippen molar-refractivity contribution in [1.29, 1.82) is 0 Å². The van der Waals surface area contributed by atoms with Crippen molar-refractivity contribution in [3.05, 3.63) is 60.7 Å². The molecule has 0 spiro atoms. The molecule has 5 rings (SSSR count). The van der Waals surface area contributed by atoms with Crippen LogP contribution in [0.3, 0.4) is 0 Å². The van der Waals surface area contributed by atoms with Crippen LogP contribution in [0.1, 0.15) is 16.4 Å². The van der Waals surface area contributed by atoms with Crippen LogP contribution in [0.25, 0.3) is 11.4 Å². The number of nitrogens with zero attached hydrogens (tertiary/aromatic N) is 4. The van der Waals surface area contributed by atoms with Crippen LogP contribution in [0, 0.1) is 0 Å². The number of benzene rings is 1. The zero-order chi connectivity index (χ0) is 18.9. The molecule has 2 aromatic heterocycles. The van der Waals surface area contributed by atoms with E-state index in [2.05, 4.69) is 15.1 Å². The number of imidazole rings is 1. The molecule has 0 aliphatic carbocycles. The lowest BCUT2D eigenvalue weighted by Gasteiger charge is -2.19. The molecule has 1 N–H and O–H groups in total. The van der Waals surface area contributed by atoms with Gasteiger partial charge < -0.3 is 19.4 Å². The van der Waals surface area contributed by atoms with Crippen molar-refractivity contribution < 1.29 is 14.3 Å². The van der Waals surface area contributed by atoms with Gasteiger partial charge in [-0.3, -0.25) is 9.48 Å². The molecule has 28 heavy (non-hydrogen) atoms. The van der Waals surface area contributed by atoms with Gasteiger partial charge in [-0.1, -0.05) is 12.1 Å². The quantitative estimate of drug-likeness (QED) is 0.749. The first-order valence-corrected chi connectivity index (χ1v) is 9.39. The van der Waals surface area contributed by atoms with Gasteiger partial charge in [0.2, 0.25) is 0 Å². The van der Waals surface area contributed by atoms with Crippen molar-refractivity contribution >= 4 is 5.91 Å². The van der Waals surface area contributed by atoms with Crippen molar-refractivity contribution in [1.82, 2.24) is 24.6 Å². The third-order valence-electron chi connectivity index (χ3n) is 5.29. The Bertz CT molecular complexity index is 925. The van der Waals surface area contributed by atoms with E-state index in [1.165, 1.54) is 0 Å². The first-order valence-electron chi connectivity index (χ1n) is 9.39. The molecule has 1 aromatic carbocycles. The van der Waals surface area contributed by atoms with Crippen LogP contribution >= 0.6 is 0 Å². The van der Waals surface area contributed by atoms with Gasteiger partial charge in [0.05, 0.1) is 19.3 Å². The van der Waals surface area contributed by atoms with Crippen molar-refractivity contribution in [3.8, 4) is 11.4 Å². The van der Waals surface area contributed by atoms with Gasteiger partial charge in [0.25, 0.3) is 5.91 Å². The van der Waals surface area contributed by atoms with E-state index in [0.717, 1.165) is 11.4 Å². The highest BCUT2D eigenvalue weighted by molar-refractivity contribution is 5.95. The minimum Gasteiger partial charge on any atom is -0.371 e. The van der Waals surface area contributed by atoms with Crippen molar-refractivity contribution in [2.24, 2.45) is 0 Å². The Hall–Kier alpha value is -2.97. The van der Waals surface area contributed by atoms with Gasteiger partial charge in [-0.2, -0.15) is 5.10 Å². The van der Waals surface area contributed by atoms with Gasteiger partial charge in [0, 0.05) is 49.0 Å². The Morgan fingerprint density at radius 3 is 2.61 bits per heavy atom. The lowest BCUT2D eigenvalue weighted by Crippen LogP contribution is -2.31. The Labute approximate surface area is 162 Å². The summed E-state index contributed by atoms with van der Waals surface area (Å²) in [5.41, 5.74) is 1.53. The second-order valence-electron chi connectivity index (χ2n) is 7.11. The maximum atomic E-state index is 13.0. The molecule has 2 fully saturated rings. The smallest absolute Gasteiger partial charge is 0.254 e. The second-order valence-corrected chi connectivity index (χ2v) is 7.11. The van der Waals surface area contributed by atoms with Gasteiger partial charge in [-0.05, 0) is 18.2 Å². The highest BCUT2D eigenvalue weighted by atomic mass is 16.6. The highest BCUT2D eigenvalue weighted by Crippen LogP contribution is 2.25. The van der Waals surface area contributed by atoms with E-state index in [1.807, 2.05) is 46.1 Å². The number of ether oxygens (including phenoxy) is 2. The summed E-state index contributed by atoms with van der Waals surface area (Å²) < 4.78 is 14.0. The number of nitrogens with one attached hydrogen (secondary N) is 1. The molecule has 8 nitrogen and oxygen atoms in total. The number of fused-ring (bicyclic) bond motifs is 1. The summed E-state index contributed by atoms with van der Waals surface area (Å²) in [6.45, 7) is 2.11. The standard InChI is InChI=1S/C20H21N5O3/c26-20(15-4-1-3-14(9-15)19-21-6-7-22-19)24-10-17-18(11-24)28-13-16(12-27-17)25-8-2-5-23-25/h1-9,16-18H,10-13H2,(H,21,22)/t17-,18-/m0/s1. The van der Waals surface area contributed by atoms with E-state index in [0.29, 0.717) is 31.9 Å². The normalized spacial score (nSPS) is 22.8. The minimum absolute atomic E-state index is 0.0164. The van der Waals surface area contributed by atoms with Gasteiger partial charge in [0.15, 0.2) is 0 Å². The van der Waals surface area contributed by atoms with Gasteiger partial charge >= 0.3 is 0 Å². The fourth-order valence-corrected chi connectivity index (χ4v) is 3.80. The maximum absolute atomic E-state index is 13.0. The first-order chi connectivity index (χ1) is 13.8. The average Bonchev–Trinajstić information content (AvgIpc) is 3.49. The number of H-pyrrole nitrogens is 1. The lowest BCUT2D eigenvalue weighted by atomic mass is 10.1. The SMILES string of the molecule is O=C(c1cccc(-c2ncc[nH]2)c1)N1C[C@@H]2OCC(n3cccn3)CO[C@H]2C1. The van der Waals surface area contributed by atoms with E-state index in [4.69, 9.17) is 9.47 Å². The highest BCUT2D eigenvalue weighted by Gasteiger charge is 2.39. The topological polar surface area (TPSA) is 85.3 Å². The monoisotopic (exact) mass is 379 g/mol. The molecule has 0 radical (unpaired) electrons. The second kappa shape index (κ2) is 7.21. The van der Waals surface area contributed by atoms with Crippen molar-refractivity contribution in [2.45, 2.75) is 18.2 Å². The number of carbonyl (C=O) groups excluding carboxylic acids is 1. The summed E-state index contributed by atoms with van der Waals surface area (Å²) in [7, 11) is 0. The summed E-state index contributed by atoms with van der Waals surface area (Å²) in [6.07, 6.45) is 6.91. The fourth-order valence-electron chi connectivity index (χ4n) is 3.80. The molecule has 0 bridgehead atoms. The zero-order valence-corrected chi connectivity index (χ0v) is 15.3. The average molecular weight is 379 g/mol. The number of carbonyl (C=O) groups is 1. The van der Waals surface area contributed by atoms with Crippen LogP contribution in [-0.4, -0.2) is 69.1 Å². The number of likely N-dealkylation sites (tertiary alicyclic amines) is 1. The number of rotatable bonds is 3. The Kier molecular flexibility index (Phi) is 4.42. The molecule has 1 amide bonds. The van der Waals surface area contributed by atoms with E-state index in [9.17, 15) is 4.79 Å². The Morgan fingerprint density at radius 1 is 1.11 bits per heavy atom. The number of amides is 1. The third kappa shape index (κ3) is 3.21. The summed E-state index contributed by atoms with van der Waals surface area (Å²) in [5.74, 6) is 0.731. The van der Waals surface area contributed by atoms with Crippen LogP contribution in [0.5, 0.6) is 0 Å². The van der Waals surface area contributed by atoms with Crippen LogP contribution in [-0.2, 0) is 9.47 Å². The van der Waals surface area contributed by atoms with Gasteiger partial charge in [-0.25, -0.2) is 4.98 Å². The summed E-state index contributed by atoms with van der Waals surface area (Å²) in [5, 5.41) is 4.27. The lowest BCUT2D eigenvalue weighted by molar-refractivity contribution is -0.00461. The van der Waals surface area contributed by atoms with Crippen LogP contribution < -0.4 is 0 Å². The zero-order valence-electron chi connectivity index (χ0n) is 15.3. The van der Waals surface area contributed by atoms with Crippen LogP contribution in [0.15, 0.2) is 55.1 Å². The third-order valence-corrected chi connectivity index (χ3v) is 5.29. The minimum atomic E-state index is -0.113. The molecule has 3 aromatic rings. The van der Waals surface area contributed by atoms with Gasteiger partial charge in [0.1, 0.15) is 18.0 Å². The molecule has 2 saturated heterocycles. The maximum Gasteiger partial charge on any atom is 0.254 e. The molecule has 8 heteroatoms. The number of aromatic amines is 1. The molecule has 2 aliphatic rings. The number of hydrogen-bond donors (Lipinski definition) is 1. The van der Waals surface area contributed by atoms with E-state index in [1.54, 1.807) is 18.6 Å². The number of aromatic nitrogens is 4. The summed E-state index contributed by atoms with van der Waals surface area (Å²) in [4.78, 5) is 22.2. The molecular weight excluding hydrogens is 358 g/mol. The van der Waals surface area contributed by atoms with E-state index >= 15 is 0 Å². The van der Waals surface area contributed by atoms with Crippen molar-refractivity contribution in [3.63, 3.8) is 0 Å². The predicted octanol–water partition coefficient (Wildman–Crippen LogP) is 1.75. The Morgan fingerprint density at radius 2 is 1.93 bits per heavy atom. The Balaban J connectivity index is 1.27. The van der Waals surface area contributed by atoms with Crippen molar-refractivity contribution in [2.75, 3.05) is 26.3 Å². The van der Waals surface area contributed by atoms with Gasteiger partial charge in [-0.15, -0.1) is 0 Å². The predicted molar refractivity (Wildman–Crippen MR) is 101 cm³/mol. The summed E-state index contributed by atoms with van der Waals surface area (Å²) >= 11 is 0. The number of hydrogen-bond acceptors (Lipinski definition) is 5. The molecule has 0 saturated carbocycles. The molecule has 144 valence electrons. The molecule has 2 atom stereocenters. The molecular formula is C20H21N5O3. The summed E-state index contributed by atoms with van der Waals surface area (Å²) in [6, 6.07) is 9.47. The largest absolute Gasteiger partial charge is 0.371 e. The van der Waals surface area contributed by atoms with Crippen LogP contribution in [0.2, 0.25) is 0 Å². The fraction of sp³-hybridized carbons (Fsp3) is 0.350. The molecule has 2 aliphatic heterocycles. The molecule has 0 unspecified atom stereocenters. The van der Waals surface area contributed by atoms with Crippen LogP contribution in [0.4, 0.5) is 0 Å². The van der Waals surface area contributed by atoms with E-state index in [-0.39, 0.29) is 24.2 Å². The molecule has 4 heterocycles.